The summed E-state index contributed by atoms with van der Waals surface area (Å²) in [6, 6.07) is 9.72. The number of allylic oxidation sites excluding steroid dienone is 1. The van der Waals surface area contributed by atoms with E-state index < -0.39 is 5.97 Å². The summed E-state index contributed by atoms with van der Waals surface area (Å²) >= 11 is 1.46. The number of hydrogen-bond acceptors (Lipinski definition) is 5. The van der Waals surface area contributed by atoms with E-state index in [0.29, 0.717) is 11.3 Å². The lowest BCUT2D eigenvalue weighted by Crippen LogP contribution is -2.09. The molecule has 0 spiro atoms. The molecular weight excluding hydrogens is 384 g/mol. The predicted molar refractivity (Wildman–Crippen MR) is 117 cm³/mol. The molecule has 5 nitrogen and oxygen atoms in total. The van der Waals surface area contributed by atoms with Crippen molar-refractivity contribution in [3.8, 4) is 0 Å². The molecule has 0 bridgehead atoms. The molecular formula is C23H22N2O3S. The zero-order valence-corrected chi connectivity index (χ0v) is 17.5. The van der Waals surface area contributed by atoms with Crippen LogP contribution in [0, 0.1) is 0 Å². The molecule has 2 heterocycles. The number of hydrogen-bond donors (Lipinski definition) is 0. The van der Waals surface area contributed by atoms with E-state index in [1.165, 1.54) is 24.0 Å². The maximum atomic E-state index is 12.8. The molecule has 29 heavy (non-hydrogen) atoms. The van der Waals surface area contributed by atoms with Crippen LogP contribution in [0.4, 0.5) is 0 Å². The number of carbonyl (C=O) groups excluding carboxylic acids is 2. The lowest BCUT2D eigenvalue weighted by molar-refractivity contribution is -0.140. The van der Waals surface area contributed by atoms with Gasteiger partial charge in [0.1, 0.15) is 0 Å². The van der Waals surface area contributed by atoms with Gasteiger partial charge in [-0.15, -0.1) is 11.3 Å². The van der Waals surface area contributed by atoms with Crippen LogP contribution in [0.5, 0.6) is 0 Å². The molecule has 0 fully saturated rings. The van der Waals surface area contributed by atoms with E-state index in [1.807, 2.05) is 42.6 Å². The number of oxime groups is 1. The van der Waals surface area contributed by atoms with Gasteiger partial charge < -0.3 is 9.40 Å². The number of aryl methyl sites for hydroxylation is 1. The minimum atomic E-state index is -0.430. The maximum absolute atomic E-state index is 12.8. The Labute approximate surface area is 173 Å². The standard InChI is InChI=1S/C23H22N2O3S/c1-4-25-20-9-7-16(14(2)24-28-15(3)26)12-18(20)19-13-17(8-10-21(19)25)23(27)22-6-5-11-29-22/h5-6,8,10-13H,4,7,9H2,1-3H3/b24-14+. The molecule has 0 N–H and O–H groups in total. The summed E-state index contributed by atoms with van der Waals surface area (Å²) in [5, 5.41) is 6.94. The van der Waals surface area contributed by atoms with Crippen molar-refractivity contribution in [1.82, 2.24) is 4.57 Å². The molecule has 148 valence electrons. The van der Waals surface area contributed by atoms with E-state index in [2.05, 4.69) is 22.7 Å². The number of aromatic nitrogens is 1. The van der Waals surface area contributed by atoms with Gasteiger partial charge in [-0.05, 0) is 68.0 Å². The molecule has 0 saturated carbocycles. The van der Waals surface area contributed by atoms with Gasteiger partial charge in [0.15, 0.2) is 0 Å². The molecule has 6 heteroatoms. The quantitative estimate of drug-likeness (QED) is 0.252. The van der Waals surface area contributed by atoms with E-state index in [0.717, 1.165) is 46.3 Å². The average molecular weight is 407 g/mol. The van der Waals surface area contributed by atoms with Gasteiger partial charge in [0, 0.05) is 41.2 Å². The fourth-order valence-corrected chi connectivity index (χ4v) is 4.58. The first-order chi connectivity index (χ1) is 14.0. The topological polar surface area (TPSA) is 60.7 Å². The Balaban J connectivity index is 1.82. The van der Waals surface area contributed by atoms with Crippen molar-refractivity contribution in [2.45, 2.75) is 40.2 Å². The Morgan fingerprint density at radius 1 is 1.21 bits per heavy atom. The van der Waals surface area contributed by atoms with E-state index >= 15 is 0 Å². The molecule has 1 aliphatic carbocycles. The van der Waals surface area contributed by atoms with Crippen molar-refractivity contribution in [2.24, 2.45) is 5.16 Å². The Kier molecular flexibility index (Phi) is 5.20. The Morgan fingerprint density at radius 3 is 2.72 bits per heavy atom. The highest BCUT2D eigenvalue weighted by atomic mass is 32.1. The second-order valence-electron chi connectivity index (χ2n) is 7.07. The van der Waals surface area contributed by atoms with E-state index in [-0.39, 0.29) is 5.78 Å². The summed E-state index contributed by atoms with van der Waals surface area (Å²) in [5.74, 6) is -0.381. The number of benzene rings is 1. The van der Waals surface area contributed by atoms with Crippen LogP contribution in [0.3, 0.4) is 0 Å². The number of ketones is 1. The molecule has 0 unspecified atom stereocenters. The summed E-state index contributed by atoms with van der Waals surface area (Å²) in [5.41, 5.74) is 5.97. The number of thiophene rings is 1. The molecule has 0 saturated heterocycles. The van der Waals surface area contributed by atoms with Crippen molar-refractivity contribution < 1.29 is 14.4 Å². The molecule has 3 aromatic rings. The third kappa shape index (κ3) is 3.56. The molecule has 0 radical (unpaired) electrons. The molecule has 1 aliphatic rings. The second-order valence-corrected chi connectivity index (χ2v) is 8.02. The van der Waals surface area contributed by atoms with Crippen molar-refractivity contribution in [1.29, 1.82) is 0 Å². The van der Waals surface area contributed by atoms with E-state index in [4.69, 9.17) is 4.84 Å². The number of carbonyl (C=O) groups is 2. The molecule has 0 amide bonds. The molecule has 0 aliphatic heterocycles. The van der Waals surface area contributed by atoms with Gasteiger partial charge in [0.05, 0.1) is 10.6 Å². The van der Waals surface area contributed by atoms with Crippen molar-refractivity contribution in [2.75, 3.05) is 0 Å². The van der Waals surface area contributed by atoms with Gasteiger partial charge in [-0.2, -0.15) is 0 Å². The summed E-state index contributed by atoms with van der Waals surface area (Å²) < 4.78 is 2.32. The lowest BCUT2D eigenvalue weighted by Gasteiger charge is -2.16. The fraction of sp³-hybridized carbons (Fsp3) is 0.261. The van der Waals surface area contributed by atoms with Crippen LogP contribution in [0.2, 0.25) is 0 Å². The van der Waals surface area contributed by atoms with Crippen LogP contribution in [-0.4, -0.2) is 22.0 Å². The van der Waals surface area contributed by atoms with Gasteiger partial charge in [0.2, 0.25) is 5.78 Å². The highest BCUT2D eigenvalue weighted by molar-refractivity contribution is 7.12. The van der Waals surface area contributed by atoms with Crippen LogP contribution >= 0.6 is 11.3 Å². The third-order valence-electron chi connectivity index (χ3n) is 5.26. The lowest BCUT2D eigenvalue weighted by atomic mass is 9.93. The van der Waals surface area contributed by atoms with E-state index in [9.17, 15) is 9.59 Å². The molecule has 1 aromatic carbocycles. The van der Waals surface area contributed by atoms with Crippen molar-refractivity contribution in [3.05, 3.63) is 63.0 Å². The summed E-state index contributed by atoms with van der Waals surface area (Å²) in [7, 11) is 0. The summed E-state index contributed by atoms with van der Waals surface area (Å²) in [6.45, 7) is 6.19. The van der Waals surface area contributed by atoms with Crippen LogP contribution in [0.1, 0.15) is 53.7 Å². The van der Waals surface area contributed by atoms with Crippen LogP contribution in [0.25, 0.3) is 17.0 Å². The van der Waals surface area contributed by atoms with E-state index in [1.54, 1.807) is 0 Å². The van der Waals surface area contributed by atoms with Gasteiger partial charge in [-0.1, -0.05) is 11.2 Å². The Morgan fingerprint density at radius 2 is 2.03 bits per heavy atom. The SMILES string of the molecule is CCn1c2c(c3cc(C(=O)c4cccs4)ccc31)C=C(/C(C)=N/OC(C)=O)CC2. The van der Waals surface area contributed by atoms with Crippen molar-refractivity contribution >= 4 is 45.8 Å². The average Bonchev–Trinajstić information content (AvgIpc) is 3.36. The second kappa shape index (κ2) is 7.79. The zero-order valence-electron chi connectivity index (χ0n) is 16.7. The number of nitrogens with zero attached hydrogens (tertiary/aromatic N) is 2. The number of fused-ring (bicyclic) bond motifs is 3. The normalized spacial score (nSPS) is 13.9. The monoisotopic (exact) mass is 406 g/mol. The molecule has 0 atom stereocenters. The number of rotatable bonds is 5. The summed E-state index contributed by atoms with van der Waals surface area (Å²) in [6.07, 6.45) is 3.83. The highest BCUT2D eigenvalue weighted by Crippen LogP contribution is 2.35. The molecule has 4 rings (SSSR count). The molecule has 2 aromatic heterocycles. The predicted octanol–water partition coefficient (Wildman–Crippen LogP) is 5.22. The first-order valence-electron chi connectivity index (χ1n) is 9.66. The van der Waals surface area contributed by atoms with Crippen LogP contribution in [0.15, 0.2) is 46.4 Å². The first kappa shape index (κ1) is 19.3. The summed E-state index contributed by atoms with van der Waals surface area (Å²) in [4.78, 5) is 29.5. The van der Waals surface area contributed by atoms with Crippen LogP contribution in [-0.2, 0) is 22.6 Å². The Bertz CT molecular complexity index is 1170. The highest BCUT2D eigenvalue weighted by Gasteiger charge is 2.22. The maximum Gasteiger partial charge on any atom is 0.331 e. The largest absolute Gasteiger partial charge is 0.344 e. The van der Waals surface area contributed by atoms with Gasteiger partial charge >= 0.3 is 5.97 Å². The smallest absolute Gasteiger partial charge is 0.331 e. The minimum absolute atomic E-state index is 0.0486. The van der Waals surface area contributed by atoms with Gasteiger partial charge in [-0.25, -0.2) is 4.79 Å². The van der Waals surface area contributed by atoms with Gasteiger partial charge in [0.25, 0.3) is 0 Å². The van der Waals surface area contributed by atoms with Crippen LogP contribution < -0.4 is 0 Å². The fourth-order valence-electron chi connectivity index (χ4n) is 3.89. The van der Waals surface area contributed by atoms with Crippen molar-refractivity contribution in [3.63, 3.8) is 0 Å². The third-order valence-corrected chi connectivity index (χ3v) is 6.13. The van der Waals surface area contributed by atoms with Gasteiger partial charge in [-0.3, -0.25) is 4.79 Å². The first-order valence-corrected chi connectivity index (χ1v) is 10.5. The Hall–Kier alpha value is -2.99. The minimum Gasteiger partial charge on any atom is -0.344 e. The zero-order chi connectivity index (χ0) is 20.5.